The molecule has 106 valence electrons. The lowest BCUT2D eigenvalue weighted by Gasteiger charge is -2.05. The molecule has 4 nitrogen and oxygen atoms in total. The molecule has 1 aliphatic carbocycles. The van der Waals surface area contributed by atoms with E-state index in [9.17, 15) is 13.2 Å². The summed E-state index contributed by atoms with van der Waals surface area (Å²) in [6.07, 6.45) is -0.289. The van der Waals surface area contributed by atoms with E-state index in [1.165, 1.54) is 12.8 Å². The molecule has 0 radical (unpaired) electrons. The number of rotatable bonds is 4. The zero-order valence-corrected chi connectivity index (χ0v) is 10.6. The molecule has 1 N–H and O–H groups in total. The maximum absolute atomic E-state index is 12.5. The Bertz CT molecular complexity index is 602. The summed E-state index contributed by atoms with van der Waals surface area (Å²) in [6.45, 7) is 0.617. The standard InChI is InChI=1S/C13H13F3N4/c14-13(15,16)9-6-18-20(8-9)12-3-1-2-11(19-12)7-17-10-4-5-10/h1-3,6,8,10,17H,4-5,7H2. The Morgan fingerprint density at radius 2 is 2.10 bits per heavy atom. The maximum Gasteiger partial charge on any atom is 0.419 e. The summed E-state index contributed by atoms with van der Waals surface area (Å²) < 4.78 is 38.7. The lowest BCUT2D eigenvalue weighted by atomic mass is 10.3. The van der Waals surface area contributed by atoms with Crippen molar-refractivity contribution >= 4 is 0 Å². The Hall–Kier alpha value is -1.89. The van der Waals surface area contributed by atoms with Crippen LogP contribution in [-0.2, 0) is 12.7 Å². The fraction of sp³-hybridized carbons (Fsp3) is 0.385. The van der Waals surface area contributed by atoms with Crippen LogP contribution >= 0.6 is 0 Å². The summed E-state index contributed by atoms with van der Waals surface area (Å²) in [6, 6.07) is 5.80. The van der Waals surface area contributed by atoms with Crippen LogP contribution < -0.4 is 5.32 Å². The second kappa shape index (κ2) is 4.90. The van der Waals surface area contributed by atoms with Crippen molar-refractivity contribution in [3.05, 3.63) is 41.9 Å². The van der Waals surface area contributed by atoms with Crippen LogP contribution in [0.2, 0.25) is 0 Å². The largest absolute Gasteiger partial charge is 0.419 e. The molecule has 0 amide bonds. The molecule has 0 spiro atoms. The minimum Gasteiger partial charge on any atom is -0.308 e. The highest BCUT2D eigenvalue weighted by atomic mass is 19.4. The summed E-state index contributed by atoms with van der Waals surface area (Å²) in [4.78, 5) is 4.31. The van der Waals surface area contributed by atoms with Crippen molar-refractivity contribution < 1.29 is 13.2 Å². The number of nitrogens with one attached hydrogen (secondary N) is 1. The highest BCUT2D eigenvalue weighted by molar-refractivity contribution is 5.25. The SMILES string of the molecule is FC(F)(F)c1cnn(-c2cccc(CNC3CC3)n2)c1. The van der Waals surface area contributed by atoms with Gasteiger partial charge in [0.25, 0.3) is 0 Å². The number of alkyl halides is 3. The fourth-order valence-corrected chi connectivity index (χ4v) is 1.82. The predicted molar refractivity (Wildman–Crippen MR) is 66.2 cm³/mol. The second-order valence-electron chi connectivity index (χ2n) is 4.81. The highest BCUT2D eigenvalue weighted by Crippen LogP contribution is 2.28. The minimum atomic E-state index is -4.39. The summed E-state index contributed by atoms with van der Waals surface area (Å²) in [5.74, 6) is 0.385. The highest BCUT2D eigenvalue weighted by Gasteiger charge is 2.32. The lowest BCUT2D eigenvalue weighted by Crippen LogP contribution is -2.16. The third kappa shape index (κ3) is 2.98. The summed E-state index contributed by atoms with van der Waals surface area (Å²) in [5, 5.41) is 7.02. The van der Waals surface area contributed by atoms with Crippen LogP contribution in [0.3, 0.4) is 0 Å². The van der Waals surface area contributed by atoms with Crippen LogP contribution in [0.5, 0.6) is 0 Å². The van der Waals surface area contributed by atoms with Gasteiger partial charge >= 0.3 is 6.18 Å². The van der Waals surface area contributed by atoms with Gasteiger partial charge in [0.15, 0.2) is 5.82 Å². The Morgan fingerprint density at radius 3 is 2.75 bits per heavy atom. The van der Waals surface area contributed by atoms with E-state index in [4.69, 9.17) is 0 Å². The first-order valence-electron chi connectivity index (χ1n) is 6.34. The first-order valence-corrected chi connectivity index (χ1v) is 6.34. The molecular weight excluding hydrogens is 269 g/mol. The van der Waals surface area contributed by atoms with Gasteiger partial charge in [-0.1, -0.05) is 6.07 Å². The molecule has 2 aromatic heterocycles. The van der Waals surface area contributed by atoms with Crippen molar-refractivity contribution in [3.63, 3.8) is 0 Å². The Balaban J connectivity index is 1.78. The van der Waals surface area contributed by atoms with Gasteiger partial charge in [0.05, 0.1) is 17.5 Å². The van der Waals surface area contributed by atoms with Crippen molar-refractivity contribution in [2.45, 2.75) is 31.6 Å². The van der Waals surface area contributed by atoms with Gasteiger partial charge in [-0.15, -0.1) is 0 Å². The number of hydrogen-bond donors (Lipinski definition) is 1. The number of halogens is 3. The predicted octanol–water partition coefficient (Wildman–Crippen LogP) is 2.54. The van der Waals surface area contributed by atoms with Gasteiger partial charge in [0, 0.05) is 18.8 Å². The van der Waals surface area contributed by atoms with Crippen LogP contribution in [0.1, 0.15) is 24.1 Å². The molecule has 0 aliphatic heterocycles. The van der Waals surface area contributed by atoms with Gasteiger partial charge in [-0.25, -0.2) is 9.67 Å². The average molecular weight is 282 g/mol. The number of nitrogens with zero attached hydrogens (tertiary/aromatic N) is 3. The summed E-state index contributed by atoms with van der Waals surface area (Å²) in [5.41, 5.74) is 0.0132. The molecule has 0 aromatic carbocycles. The van der Waals surface area contributed by atoms with Crippen LogP contribution in [-0.4, -0.2) is 20.8 Å². The van der Waals surface area contributed by atoms with Crippen molar-refractivity contribution in [3.8, 4) is 5.82 Å². The molecule has 0 saturated heterocycles. The van der Waals surface area contributed by atoms with Crippen molar-refractivity contribution in [2.75, 3.05) is 0 Å². The Kier molecular flexibility index (Phi) is 3.21. The van der Waals surface area contributed by atoms with Crippen molar-refractivity contribution in [2.24, 2.45) is 0 Å². The van der Waals surface area contributed by atoms with Gasteiger partial charge in [-0.3, -0.25) is 0 Å². The van der Waals surface area contributed by atoms with Gasteiger partial charge in [-0.2, -0.15) is 18.3 Å². The van der Waals surface area contributed by atoms with E-state index in [0.29, 0.717) is 18.4 Å². The summed E-state index contributed by atoms with van der Waals surface area (Å²) >= 11 is 0. The second-order valence-corrected chi connectivity index (χ2v) is 4.81. The van der Waals surface area contributed by atoms with Crippen molar-refractivity contribution in [1.29, 1.82) is 0 Å². The normalized spacial score (nSPS) is 15.6. The first-order chi connectivity index (χ1) is 9.52. The van der Waals surface area contributed by atoms with E-state index in [1.54, 1.807) is 12.1 Å². The van der Waals surface area contributed by atoms with Gasteiger partial charge < -0.3 is 5.32 Å². The summed E-state index contributed by atoms with van der Waals surface area (Å²) in [7, 11) is 0. The van der Waals surface area contributed by atoms with Crippen LogP contribution in [0.4, 0.5) is 13.2 Å². The molecule has 3 rings (SSSR count). The topological polar surface area (TPSA) is 42.7 Å². The Morgan fingerprint density at radius 1 is 1.30 bits per heavy atom. The molecule has 1 saturated carbocycles. The molecule has 1 fully saturated rings. The van der Waals surface area contributed by atoms with E-state index in [1.807, 2.05) is 6.07 Å². The van der Waals surface area contributed by atoms with Crippen LogP contribution in [0.25, 0.3) is 5.82 Å². The molecular formula is C13H13F3N4. The third-order valence-corrected chi connectivity index (χ3v) is 3.09. The fourth-order valence-electron chi connectivity index (χ4n) is 1.82. The molecule has 1 aliphatic rings. The molecule has 7 heteroatoms. The van der Waals surface area contributed by atoms with Gasteiger partial charge in [0.1, 0.15) is 0 Å². The van der Waals surface area contributed by atoms with Crippen LogP contribution in [0.15, 0.2) is 30.6 Å². The van der Waals surface area contributed by atoms with E-state index < -0.39 is 11.7 Å². The van der Waals surface area contributed by atoms with E-state index in [-0.39, 0.29) is 0 Å². The quantitative estimate of drug-likeness (QED) is 0.937. The molecule has 2 aromatic rings. The minimum absolute atomic E-state index is 0.385. The first kappa shape index (κ1) is 13.1. The smallest absolute Gasteiger partial charge is 0.308 e. The molecule has 20 heavy (non-hydrogen) atoms. The van der Waals surface area contributed by atoms with E-state index in [0.717, 1.165) is 22.8 Å². The monoisotopic (exact) mass is 282 g/mol. The number of aromatic nitrogens is 3. The van der Waals surface area contributed by atoms with Crippen LogP contribution in [0, 0.1) is 0 Å². The molecule has 0 atom stereocenters. The molecule has 2 heterocycles. The van der Waals surface area contributed by atoms with Gasteiger partial charge in [-0.05, 0) is 25.0 Å². The number of pyridine rings is 1. The van der Waals surface area contributed by atoms with E-state index >= 15 is 0 Å². The van der Waals surface area contributed by atoms with E-state index in [2.05, 4.69) is 15.4 Å². The van der Waals surface area contributed by atoms with Crippen molar-refractivity contribution in [1.82, 2.24) is 20.1 Å². The zero-order chi connectivity index (χ0) is 14.2. The average Bonchev–Trinajstić information content (AvgIpc) is 3.09. The molecule has 0 unspecified atom stereocenters. The number of hydrogen-bond acceptors (Lipinski definition) is 3. The lowest BCUT2D eigenvalue weighted by molar-refractivity contribution is -0.137. The third-order valence-electron chi connectivity index (χ3n) is 3.09. The zero-order valence-electron chi connectivity index (χ0n) is 10.6. The molecule has 0 bridgehead atoms. The Labute approximate surface area is 113 Å². The van der Waals surface area contributed by atoms with Gasteiger partial charge in [0.2, 0.25) is 0 Å². The maximum atomic E-state index is 12.5.